The molecule has 2 unspecified atom stereocenters. The molecule has 0 saturated heterocycles. The molecule has 0 bridgehead atoms. The highest BCUT2D eigenvalue weighted by molar-refractivity contribution is 5.25. The van der Waals surface area contributed by atoms with Crippen LogP contribution in [0.1, 0.15) is 57.1 Å². The fourth-order valence-corrected chi connectivity index (χ4v) is 2.83. The molecule has 0 spiro atoms. The Morgan fingerprint density at radius 2 is 1.84 bits per heavy atom. The zero-order chi connectivity index (χ0) is 14.1. The van der Waals surface area contributed by atoms with Crippen molar-refractivity contribution in [1.82, 2.24) is 0 Å². The van der Waals surface area contributed by atoms with Crippen LogP contribution in [-0.2, 0) is 6.42 Å². The first kappa shape index (κ1) is 16.2. The van der Waals surface area contributed by atoms with Gasteiger partial charge in [0.1, 0.15) is 0 Å². The molecular formula is C18H30O. The first-order chi connectivity index (χ1) is 9.21. The molecule has 0 heterocycles. The minimum absolute atomic E-state index is 0.316. The second-order valence-corrected chi connectivity index (χ2v) is 5.83. The zero-order valence-electron chi connectivity index (χ0n) is 12.9. The molecule has 1 N–H and O–H groups in total. The van der Waals surface area contributed by atoms with Gasteiger partial charge in [-0.2, -0.15) is 0 Å². The number of hydrogen-bond donors (Lipinski definition) is 1. The van der Waals surface area contributed by atoms with E-state index in [4.69, 9.17) is 0 Å². The smallest absolute Gasteiger partial charge is 0.0462 e. The summed E-state index contributed by atoms with van der Waals surface area (Å²) in [5.74, 6) is 1.20. The maximum atomic E-state index is 9.65. The Hall–Kier alpha value is -0.820. The van der Waals surface area contributed by atoms with Crippen molar-refractivity contribution < 1.29 is 5.11 Å². The fourth-order valence-electron chi connectivity index (χ4n) is 2.83. The lowest BCUT2D eigenvalue weighted by molar-refractivity contribution is 0.194. The highest BCUT2D eigenvalue weighted by Gasteiger charge is 2.15. The number of rotatable bonds is 9. The molecule has 1 nitrogen and oxygen atoms in total. The molecule has 1 aromatic carbocycles. The van der Waals surface area contributed by atoms with E-state index in [0.29, 0.717) is 12.5 Å². The van der Waals surface area contributed by atoms with Gasteiger partial charge in [0.15, 0.2) is 0 Å². The Balaban J connectivity index is 2.55. The molecule has 2 atom stereocenters. The van der Waals surface area contributed by atoms with Crippen molar-refractivity contribution in [2.45, 2.75) is 59.3 Å². The predicted molar refractivity (Wildman–Crippen MR) is 83.4 cm³/mol. The lowest BCUT2D eigenvalue weighted by Crippen LogP contribution is -2.15. The Morgan fingerprint density at radius 3 is 2.42 bits per heavy atom. The van der Waals surface area contributed by atoms with E-state index in [0.717, 1.165) is 12.3 Å². The van der Waals surface area contributed by atoms with E-state index in [-0.39, 0.29) is 0 Å². The number of aliphatic hydroxyl groups excluding tert-OH is 1. The highest BCUT2D eigenvalue weighted by Crippen LogP contribution is 2.24. The lowest BCUT2D eigenvalue weighted by Gasteiger charge is -2.22. The summed E-state index contributed by atoms with van der Waals surface area (Å²) in [5.41, 5.74) is 2.74. The largest absolute Gasteiger partial charge is 0.396 e. The van der Waals surface area contributed by atoms with E-state index in [1.54, 1.807) is 0 Å². The van der Waals surface area contributed by atoms with Crippen molar-refractivity contribution in [1.29, 1.82) is 0 Å². The first-order valence-electron chi connectivity index (χ1n) is 7.86. The topological polar surface area (TPSA) is 20.2 Å². The van der Waals surface area contributed by atoms with E-state index >= 15 is 0 Å². The summed E-state index contributed by atoms with van der Waals surface area (Å²) < 4.78 is 0. The molecule has 0 radical (unpaired) electrons. The lowest BCUT2D eigenvalue weighted by atomic mass is 9.85. The van der Waals surface area contributed by atoms with Gasteiger partial charge >= 0.3 is 0 Å². The monoisotopic (exact) mass is 262 g/mol. The number of aliphatic hydroxyl groups is 1. The molecule has 0 aliphatic heterocycles. The standard InChI is InChI=1S/C18H30O/c1-4-6-10-16(5-2)12-17(14-19)13-18-11-8-7-9-15(18)3/h7-9,11,16-17,19H,4-6,10,12-14H2,1-3H3. The molecule has 0 aliphatic rings. The molecule has 0 aromatic heterocycles. The molecule has 0 amide bonds. The summed E-state index contributed by atoms with van der Waals surface area (Å²) in [6.07, 6.45) is 7.34. The van der Waals surface area contributed by atoms with Crippen molar-refractivity contribution in [3.8, 4) is 0 Å². The van der Waals surface area contributed by atoms with Gasteiger partial charge in [-0.05, 0) is 42.7 Å². The van der Waals surface area contributed by atoms with Crippen LogP contribution < -0.4 is 0 Å². The van der Waals surface area contributed by atoms with Crippen LogP contribution in [0.15, 0.2) is 24.3 Å². The highest BCUT2D eigenvalue weighted by atomic mass is 16.3. The van der Waals surface area contributed by atoms with E-state index in [2.05, 4.69) is 45.0 Å². The van der Waals surface area contributed by atoms with Gasteiger partial charge in [-0.15, -0.1) is 0 Å². The van der Waals surface area contributed by atoms with Crippen molar-refractivity contribution in [3.63, 3.8) is 0 Å². The third kappa shape index (κ3) is 5.78. The summed E-state index contributed by atoms with van der Waals surface area (Å²) in [5, 5.41) is 9.65. The summed E-state index contributed by atoms with van der Waals surface area (Å²) in [6.45, 7) is 7.02. The fraction of sp³-hybridized carbons (Fsp3) is 0.667. The first-order valence-corrected chi connectivity index (χ1v) is 7.86. The number of hydrogen-bond acceptors (Lipinski definition) is 1. The number of benzene rings is 1. The zero-order valence-corrected chi connectivity index (χ0v) is 12.9. The minimum Gasteiger partial charge on any atom is -0.396 e. The van der Waals surface area contributed by atoms with Gasteiger partial charge in [-0.25, -0.2) is 0 Å². The van der Waals surface area contributed by atoms with Crippen molar-refractivity contribution >= 4 is 0 Å². The Kier molecular flexibility index (Phi) is 7.81. The summed E-state index contributed by atoms with van der Waals surface area (Å²) in [4.78, 5) is 0. The van der Waals surface area contributed by atoms with Gasteiger partial charge in [0.2, 0.25) is 0 Å². The van der Waals surface area contributed by atoms with E-state index in [9.17, 15) is 5.11 Å². The average Bonchev–Trinajstić information content (AvgIpc) is 2.44. The van der Waals surface area contributed by atoms with Crippen LogP contribution in [0.25, 0.3) is 0 Å². The third-order valence-electron chi connectivity index (χ3n) is 4.24. The van der Waals surface area contributed by atoms with Crippen molar-refractivity contribution in [3.05, 3.63) is 35.4 Å². The van der Waals surface area contributed by atoms with Gasteiger partial charge < -0.3 is 5.11 Å². The Morgan fingerprint density at radius 1 is 1.11 bits per heavy atom. The molecule has 0 saturated carbocycles. The Bertz CT molecular complexity index is 345. The van der Waals surface area contributed by atoms with E-state index in [1.165, 1.54) is 43.2 Å². The van der Waals surface area contributed by atoms with Crippen LogP contribution in [0.5, 0.6) is 0 Å². The molecule has 0 aliphatic carbocycles. The van der Waals surface area contributed by atoms with Crippen LogP contribution in [0.4, 0.5) is 0 Å². The quantitative estimate of drug-likeness (QED) is 0.680. The summed E-state index contributed by atoms with van der Waals surface area (Å²) >= 11 is 0. The molecule has 1 rings (SSSR count). The van der Waals surface area contributed by atoms with Gasteiger partial charge in [-0.1, -0.05) is 63.8 Å². The maximum Gasteiger partial charge on any atom is 0.0462 e. The maximum absolute atomic E-state index is 9.65. The van der Waals surface area contributed by atoms with Gasteiger partial charge in [0, 0.05) is 6.61 Å². The van der Waals surface area contributed by atoms with Crippen LogP contribution >= 0.6 is 0 Å². The van der Waals surface area contributed by atoms with Gasteiger partial charge in [0.05, 0.1) is 0 Å². The Labute approximate surface area is 119 Å². The molecule has 1 aromatic rings. The SMILES string of the molecule is CCCCC(CC)CC(CO)Cc1ccccc1C. The molecule has 108 valence electrons. The molecule has 19 heavy (non-hydrogen) atoms. The van der Waals surface area contributed by atoms with E-state index < -0.39 is 0 Å². The second kappa shape index (κ2) is 9.14. The molecule has 0 fully saturated rings. The predicted octanol–water partition coefficient (Wildman–Crippen LogP) is 4.75. The van der Waals surface area contributed by atoms with Crippen LogP contribution in [0.2, 0.25) is 0 Å². The summed E-state index contributed by atoms with van der Waals surface area (Å²) in [6, 6.07) is 8.55. The van der Waals surface area contributed by atoms with Crippen molar-refractivity contribution in [2.24, 2.45) is 11.8 Å². The molecule has 1 heteroatoms. The summed E-state index contributed by atoms with van der Waals surface area (Å²) in [7, 11) is 0. The van der Waals surface area contributed by atoms with Crippen LogP contribution in [0, 0.1) is 18.8 Å². The third-order valence-corrected chi connectivity index (χ3v) is 4.24. The van der Waals surface area contributed by atoms with E-state index in [1.807, 2.05) is 0 Å². The van der Waals surface area contributed by atoms with Gasteiger partial charge in [-0.3, -0.25) is 0 Å². The number of aryl methyl sites for hydroxylation is 1. The van der Waals surface area contributed by atoms with Gasteiger partial charge in [0.25, 0.3) is 0 Å². The minimum atomic E-state index is 0.316. The van der Waals surface area contributed by atoms with Crippen molar-refractivity contribution in [2.75, 3.05) is 6.61 Å². The normalized spacial score (nSPS) is 14.3. The second-order valence-electron chi connectivity index (χ2n) is 5.83. The number of unbranched alkanes of at least 4 members (excludes halogenated alkanes) is 1. The average molecular weight is 262 g/mol. The van der Waals surface area contributed by atoms with Crippen LogP contribution in [0.3, 0.4) is 0 Å². The molecular weight excluding hydrogens is 232 g/mol. The van der Waals surface area contributed by atoms with Crippen LogP contribution in [-0.4, -0.2) is 11.7 Å².